The van der Waals surface area contributed by atoms with E-state index in [1.165, 1.54) is 0 Å². The zero-order chi connectivity index (χ0) is 16.7. The number of aryl methyl sites for hydroxylation is 1. The first kappa shape index (κ1) is 18.3. The molecular weight excluding hydrogens is 306 g/mol. The van der Waals surface area contributed by atoms with Crippen molar-refractivity contribution >= 4 is 23.5 Å². The summed E-state index contributed by atoms with van der Waals surface area (Å²) in [6.07, 6.45) is -0.817. The fourth-order valence-corrected chi connectivity index (χ4v) is 2.21. The van der Waals surface area contributed by atoms with Crippen LogP contribution in [0.25, 0.3) is 0 Å². The lowest BCUT2D eigenvalue weighted by Gasteiger charge is -2.22. The Hall–Kier alpha value is -1.75. The minimum absolute atomic E-state index is 0.207. The zero-order valence-electron chi connectivity index (χ0n) is 13.4. The highest BCUT2D eigenvalue weighted by atomic mass is 35.5. The van der Waals surface area contributed by atoms with Crippen LogP contribution in [0.3, 0.4) is 0 Å². The molecule has 1 aromatic carbocycles. The quantitative estimate of drug-likeness (QED) is 0.723. The summed E-state index contributed by atoms with van der Waals surface area (Å²) in [6.45, 7) is 8.06. The number of benzene rings is 1. The molecule has 1 atom stereocenters. The molecule has 22 heavy (non-hydrogen) atoms. The monoisotopic (exact) mass is 327 g/mol. The van der Waals surface area contributed by atoms with E-state index in [4.69, 9.17) is 21.1 Å². The molecule has 0 unspecified atom stereocenters. The lowest BCUT2D eigenvalue weighted by Crippen LogP contribution is -2.40. The van der Waals surface area contributed by atoms with Crippen LogP contribution in [0.1, 0.15) is 26.3 Å². The van der Waals surface area contributed by atoms with E-state index < -0.39 is 12.1 Å². The number of ether oxygens (including phenoxy) is 2. The molecule has 0 aromatic heterocycles. The number of likely N-dealkylation sites (N-methyl/N-ethyl adjacent to an activating group) is 1. The van der Waals surface area contributed by atoms with Gasteiger partial charge in [0.05, 0.1) is 0 Å². The van der Waals surface area contributed by atoms with Gasteiger partial charge in [0.25, 0.3) is 5.91 Å². The first-order valence-corrected chi connectivity index (χ1v) is 7.64. The molecule has 0 radical (unpaired) electrons. The van der Waals surface area contributed by atoms with E-state index in [1.54, 1.807) is 30.0 Å². The molecule has 0 fully saturated rings. The molecule has 5 nitrogen and oxygen atoms in total. The second kappa shape index (κ2) is 8.63. The first-order chi connectivity index (χ1) is 10.4. The lowest BCUT2D eigenvalue weighted by atomic mass is 10.2. The largest absolute Gasteiger partial charge is 0.482 e. The minimum atomic E-state index is -0.817. The van der Waals surface area contributed by atoms with Crippen LogP contribution in [0.15, 0.2) is 18.2 Å². The van der Waals surface area contributed by atoms with Gasteiger partial charge in [0.15, 0.2) is 12.7 Å². The Morgan fingerprint density at radius 2 is 1.91 bits per heavy atom. The number of halogens is 1. The Bertz CT molecular complexity index is 529. The molecule has 0 bridgehead atoms. The lowest BCUT2D eigenvalue weighted by molar-refractivity contribution is -0.160. The number of nitrogens with zero attached hydrogens (tertiary/aromatic N) is 1. The van der Waals surface area contributed by atoms with Crippen LogP contribution >= 0.6 is 11.6 Å². The van der Waals surface area contributed by atoms with Crippen molar-refractivity contribution in [1.29, 1.82) is 0 Å². The molecule has 0 aliphatic rings. The zero-order valence-corrected chi connectivity index (χ0v) is 14.1. The van der Waals surface area contributed by atoms with E-state index in [0.717, 1.165) is 5.56 Å². The normalized spacial score (nSPS) is 11.7. The van der Waals surface area contributed by atoms with Crippen molar-refractivity contribution in [2.75, 3.05) is 19.7 Å². The maximum atomic E-state index is 12.0. The predicted octanol–water partition coefficient (Wildman–Crippen LogP) is 2.83. The number of carbonyl (C=O) groups is 2. The van der Waals surface area contributed by atoms with E-state index in [2.05, 4.69) is 0 Å². The van der Waals surface area contributed by atoms with Gasteiger partial charge in [0.2, 0.25) is 0 Å². The van der Waals surface area contributed by atoms with E-state index in [0.29, 0.717) is 23.9 Å². The van der Waals surface area contributed by atoms with Crippen molar-refractivity contribution < 1.29 is 19.1 Å². The van der Waals surface area contributed by atoms with Crippen LogP contribution < -0.4 is 4.74 Å². The van der Waals surface area contributed by atoms with E-state index in [9.17, 15) is 9.59 Å². The molecule has 122 valence electrons. The third kappa shape index (κ3) is 5.22. The smallest absolute Gasteiger partial charge is 0.344 e. The highest BCUT2D eigenvalue weighted by Gasteiger charge is 2.22. The minimum Gasteiger partial charge on any atom is -0.482 e. The van der Waals surface area contributed by atoms with Gasteiger partial charge in [-0.1, -0.05) is 11.6 Å². The summed E-state index contributed by atoms with van der Waals surface area (Å²) in [4.78, 5) is 25.4. The van der Waals surface area contributed by atoms with Gasteiger partial charge in [-0.05, 0) is 51.5 Å². The molecule has 0 spiro atoms. The summed E-state index contributed by atoms with van der Waals surface area (Å²) in [5.74, 6) is -0.229. The Kier molecular flexibility index (Phi) is 7.18. The van der Waals surface area contributed by atoms with Gasteiger partial charge in [-0.25, -0.2) is 4.79 Å². The molecule has 0 saturated heterocycles. The average Bonchev–Trinajstić information content (AvgIpc) is 2.47. The molecule has 1 amide bonds. The van der Waals surface area contributed by atoms with Crippen molar-refractivity contribution in [1.82, 2.24) is 4.90 Å². The van der Waals surface area contributed by atoms with Gasteiger partial charge in [-0.2, -0.15) is 0 Å². The number of amides is 1. The average molecular weight is 328 g/mol. The fourth-order valence-electron chi connectivity index (χ4n) is 1.99. The van der Waals surface area contributed by atoms with Gasteiger partial charge in [0, 0.05) is 18.1 Å². The second-order valence-corrected chi connectivity index (χ2v) is 5.28. The van der Waals surface area contributed by atoms with Gasteiger partial charge >= 0.3 is 5.97 Å². The Balaban J connectivity index is 2.50. The van der Waals surface area contributed by atoms with Gasteiger partial charge < -0.3 is 14.4 Å². The molecule has 0 heterocycles. The summed E-state index contributed by atoms with van der Waals surface area (Å²) < 4.78 is 10.5. The summed E-state index contributed by atoms with van der Waals surface area (Å²) in [6, 6.07) is 5.12. The third-order valence-corrected chi connectivity index (χ3v) is 3.45. The van der Waals surface area contributed by atoms with Crippen LogP contribution in [-0.4, -0.2) is 42.6 Å². The van der Waals surface area contributed by atoms with Crippen molar-refractivity contribution in [2.24, 2.45) is 0 Å². The predicted molar refractivity (Wildman–Crippen MR) is 85.2 cm³/mol. The molecule has 0 aliphatic carbocycles. The molecular formula is C16H22ClNO4. The van der Waals surface area contributed by atoms with Crippen molar-refractivity contribution in [3.8, 4) is 5.75 Å². The van der Waals surface area contributed by atoms with Crippen molar-refractivity contribution in [2.45, 2.75) is 33.8 Å². The summed E-state index contributed by atoms with van der Waals surface area (Å²) in [7, 11) is 0. The molecule has 0 saturated carbocycles. The Morgan fingerprint density at radius 1 is 1.27 bits per heavy atom. The van der Waals surface area contributed by atoms with Crippen LogP contribution in [0, 0.1) is 6.92 Å². The van der Waals surface area contributed by atoms with E-state index in [1.807, 2.05) is 20.8 Å². The molecule has 0 N–H and O–H groups in total. The number of carbonyl (C=O) groups excluding carboxylic acids is 2. The highest BCUT2D eigenvalue weighted by Crippen LogP contribution is 2.21. The molecule has 1 rings (SSSR count). The second-order valence-electron chi connectivity index (χ2n) is 4.84. The van der Waals surface area contributed by atoms with Crippen LogP contribution in [0.4, 0.5) is 0 Å². The topological polar surface area (TPSA) is 55.8 Å². The molecule has 1 aromatic rings. The van der Waals surface area contributed by atoms with Gasteiger partial charge in [0.1, 0.15) is 5.75 Å². The van der Waals surface area contributed by atoms with Crippen LogP contribution in [0.5, 0.6) is 5.75 Å². The van der Waals surface area contributed by atoms with Gasteiger partial charge in [-0.3, -0.25) is 4.79 Å². The number of rotatable bonds is 7. The SMILES string of the molecule is CCN(CC)C(=O)[C@@H](C)OC(=O)COc1ccc(Cl)cc1C. The van der Waals surface area contributed by atoms with Gasteiger partial charge in [-0.15, -0.1) is 0 Å². The maximum Gasteiger partial charge on any atom is 0.344 e. The molecule has 0 aliphatic heterocycles. The van der Waals surface area contributed by atoms with E-state index in [-0.39, 0.29) is 12.5 Å². The number of esters is 1. The standard InChI is InChI=1S/C16H22ClNO4/c1-5-18(6-2)16(20)12(4)22-15(19)10-21-14-8-7-13(17)9-11(14)3/h7-9,12H,5-6,10H2,1-4H3/t12-/m1/s1. The maximum absolute atomic E-state index is 12.0. The van der Waals surface area contributed by atoms with Crippen LogP contribution in [-0.2, 0) is 14.3 Å². The first-order valence-electron chi connectivity index (χ1n) is 7.26. The summed E-state index contributed by atoms with van der Waals surface area (Å²) >= 11 is 5.85. The summed E-state index contributed by atoms with van der Waals surface area (Å²) in [5.41, 5.74) is 0.826. The number of hydrogen-bond donors (Lipinski definition) is 0. The fraction of sp³-hybridized carbons (Fsp3) is 0.500. The van der Waals surface area contributed by atoms with Crippen molar-refractivity contribution in [3.63, 3.8) is 0 Å². The van der Waals surface area contributed by atoms with E-state index >= 15 is 0 Å². The van der Waals surface area contributed by atoms with Crippen LogP contribution in [0.2, 0.25) is 5.02 Å². The van der Waals surface area contributed by atoms with Crippen molar-refractivity contribution in [3.05, 3.63) is 28.8 Å². The Morgan fingerprint density at radius 3 is 2.45 bits per heavy atom. The third-order valence-electron chi connectivity index (χ3n) is 3.21. The highest BCUT2D eigenvalue weighted by molar-refractivity contribution is 6.30. The Labute approximate surface area is 136 Å². The summed E-state index contributed by atoms with van der Waals surface area (Å²) in [5, 5.41) is 0.603. The molecule has 6 heteroatoms. The number of hydrogen-bond acceptors (Lipinski definition) is 4.